The molecule has 0 amide bonds. The van der Waals surface area contributed by atoms with Crippen LogP contribution in [0.4, 0.5) is 0 Å². The Labute approximate surface area is 117 Å². The summed E-state index contributed by atoms with van der Waals surface area (Å²) in [6.45, 7) is 0. The molecule has 19 heavy (non-hydrogen) atoms. The van der Waals surface area contributed by atoms with Crippen LogP contribution in [0.25, 0.3) is 11.5 Å². The number of aliphatic carboxylic acids is 1. The molecule has 0 radical (unpaired) electrons. The first-order chi connectivity index (χ1) is 9.01. The molecule has 100 valence electrons. The lowest BCUT2D eigenvalue weighted by Gasteiger charge is -2.03. The molecule has 0 fully saturated rings. The topological polar surface area (TPSA) is 85.5 Å². The molecule has 6 nitrogen and oxygen atoms in total. The van der Waals surface area contributed by atoms with Crippen molar-refractivity contribution in [3.05, 3.63) is 34.1 Å². The highest BCUT2D eigenvalue weighted by Gasteiger charge is 2.26. The predicted octanol–water partition coefficient (Wildman–Crippen LogP) is 2.82. The van der Waals surface area contributed by atoms with Gasteiger partial charge in [0.1, 0.15) is 0 Å². The Morgan fingerprint density at radius 2 is 1.95 bits per heavy atom. The van der Waals surface area contributed by atoms with E-state index in [1.165, 1.54) is 7.11 Å². The smallest absolute Gasteiger partial charge is 0.342 e. The molecule has 0 aliphatic heterocycles. The molecule has 8 heteroatoms. The fourth-order valence-corrected chi connectivity index (χ4v) is 1.97. The average Bonchev–Trinajstić information content (AvgIpc) is 2.77. The third kappa shape index (κ3) is 3.04. The molecule has 0 saturated heterocycles. The first-order valence-corrected chi connectivity index (χ1v) is 5.82. The fourth-order valence-electron chi connectivity index (χ4n) is 1.44. The Hall–Kier alpha value is -1.63. The highest BCUT2D eigenvalue weighted by atomic mass is 35.5. The lowest BCUT2D eigenvalue weighted by molar-refractivity contribution is -0.150. The molecule has 0 saturated carbocycles. The van der Waals surface area contributed by atoms with Crippen molar-refractivity contribution < 1.29 is 19.1 Å². The van der Waals surface area contributed by atoms with E-state index in [0.29, 0.717) is 15.6 Å². The Kier molecular flexibility index (Phi) is 4.04. The van der Waals surface area contributed by atoms with Crippen LogP contribution < -0.4 is 0 Å². The Bertz CT molecular complexity index is 594. The van der Waals surface area contributed by atoms with Crippen LogP contribution in [-0.2, 0) is 9.53 Å². The van der Waals surface area contributed by atoms with Crippen LogP contribution in [-0.4, -0.2) is 28.4 Å². The van der Waals surface area contributed by atoms with Gasteiger partial charge in [-0.3, -0.25) is 0 Å². The van der Waals surface area contributed by atoms with Crippen molar-refractivity contribution in [2.75, 3.05) is 7.11 Å². The zero-order chi connectivity index (χ0) is 14.0. The maximum atomic E-state index is 10.9. The standard InChI is InChI=1S/C11H8Cl2N2O4/c1-18-8(11(16)17)10-15-14-9(19-10)5-2-6(12)4-7(13)3-5/h2-4,8H,1H3,(H,16,17). The molecule has 2 rings (SSSR count). The molecular weight excluding hydrogens is 295 g/mol. The van der Waals surface area contributed by atoms with Gasteiger partial charge in [-0.1, -0.05) is 23.2 Å². The van der Waals surface area contributed by atoms with Crippen molar-refractivity contribution in [2.24, 2.45) is 0 Å². The molecule has 1 aromatic carbocycles. The number of benzene rings is 1. The second-order valence-electron chi connectivity index (χ2n) is 3.56. The van der Waals surface area contributed by atoms with Crippen LogP contribution in [0.5, 0.6) is 0 Å². The Morgan fingerprint density at radius 3 is 2.47 bits per heavy atom. The van der Waals surface area contributed by atoms with Gasteiger partial charge in [-0.2, -0.15) is 0 Å². The summed E-state index contributed by atoms with van der Waals surface area (Å²) in [4.78, 5) is 10.9. The largest absolute Gasteiger partial charge is 0.479 e. The van der Waals surface area contributed by atoms with Crippen LogP contribution in [0.1, 0.15) is 12.0 Å². The Morgan fingerprint density at radius 1 is 1.32 bits per heavy atom. The number of halogens is 2. The highest BCUT2D eigenvalue weighted by molar-refractivity contribution is 6.35. The van der Waals surface area contributed by atoms with Crippen molar-refractivity contribution in [3.8, 4) is 11.5 Å². The van der Waals surface area contributed by atoms with Gasteiger partial charge in [-0.05, 0) is 18.2 Å². The van der Waals surface area contributed by atoms with Crippen LogP contribution >= 0.6 is 23.2 Å². The number of nitrogens with zero attached hydrogens (tertiary/aromatic N) is 2. The molecule has 0 aliphatic rings. The van der Waals surface area contributed by atoms with Crippen LogP contribution in [0, 0.1) is 0 Å². The number of ether oxygens (including phenoxy) is 1. The molecule has 1 heterocycles. The van der Waals surface area contributed by atoms with Crippen LogP contribution in [0.2, 0.25) is 10.0 Å². The van der Waals surface area contributed by atoms with Crippen LogP contribution in [0.15, 0.2) is 22.6 Å². The van der Waals surface area contributed by atoms with Crippen molar-refractivity contribution in [1.82, 2.24) is 10.2 Å². The minimum atomic E-state index is -1.31. The summed E-state index contributed by atoms with van der Waals surface area (Å²) < 4.78 is 10.00. The zero-order valence-electron chi connectivity index (χ0n) is 9.63. The highest BCUT2D eigenvalue weighted by Crippen LogP contribution is 2.27. The van der Waals surface area contributed by atoms with Crippen LogP contribution in [0.3, 0.4) is 0 Å². The minimum Gasteiger partial charge on any atom is -0.479 e. The molecule has 1 unspecified atom stereocenters. The van der Waals surface area contributed by atoms with Gasteiger partial charge in [-0.15, -0.1) is 10.2 Å². The van der Waals surface area contributed by atoms with E-state index in [9.17, 15) is 4.79 Å². The van der Waals surface area contributed by atoms with E-state index in [2.05, 4.69) is 10.2 Å². The van der Waals surface area contributed by atoms with Gasteiger partial charge in [-0.25, -0.2) is 4.79 Å². The SMILES string of the molecule is COC(C(=O)O)c1nnc(-c2cc(Cl)cc(Cl)c2)o1. The summed E-state index contributed by atoms with van der Waals surface area (Å²) in [5.74, 6) is -1.26. The number of aromatic nitrogens is 2. The van der Waals surface area contributed by atoms with Crippen molar-refractivity contribution >= 4 is 29.2 Å². The van der Waals surface area contributed by atoms with E-state index in [-0.39, 0.29) is 11.8 Å². The summed E-state index contributed by atoms with van der Waals surface area (Å²) in [7, 11) is 1.24. The zero-order valence-corrected chi connectivity index (χ0v) is 11.1. The lowest BCUT2D eigenvalue weighted by atomic mass is 10.2. The van der Waals surface area contributed by atoms with Gasteiger partial charge in [0.05, 0.1) is 0 Å². The van der Waals surface area contributed by atoms with Gasteiger partial charge < -0.3 is 14.3 Å². The molecule has 0 aliphatic carbocycles. The lowest BCUT2D eigenvalue weighted by Crippen LogP contribution is -2.13. The molecule has 0 bridgehead atoms. The predicted molar refractivity (Wildman–Crippen MR) is 67.1 cm³/mol. The fraction of sp³-hybridized carbons (Fsp3) is 0.182. The number of hydrogen-bond acceptors (Lipinski definition) is 5. The molecule has 1 aromatic heterocycles. The third-order valence-corrected chi connectivity index (χ3v) is 2.67. The first-order valence-electron chi connectivity index (χ1n) is 5.06. The second kappa shape index (κ2) is 5.56. The molecule has 0 spiro atoms. The summed E-state index contributed by atoms with van der Waals surface area (Å²) in [5.41, 5.74) is 0.497. The number of rotatable bonds is 4. The van der Waals surface area contributed by atoms with Gasteiger partial charge in [0.25, 0.3) is 5.89 Å². The summed E-state index contributed by atoms with van der Waals surface area (Å²) in [6, 6.07) is 4.71. The normalized spacial score (nSPS) is 12.4. The molecule has 1 N–H and O–H groups in total. The van der Waals surface area contributed by atoms with E-state index >= 15 is 0 Å². The number of carbonyl (C=O) groups is 1. The van der Waals surface area contributed by atoms with Gasteiger partial charge in [0.15, 0.2) is 0 Å². The number of carboxylic acids is 1. The number of hydrogen-bond donors (Lipinski definition) is 1. The first kappa shape index (κ1) is 13.8. The van der Waals surface area contributed by atoms with Gasteiger partial charge in [0, 0.05) is 22.7 Å². The molecule has 2 aromatic rings. The monoisotopic (exact) mass is 302 g/mol. The summed E-state index contributed by atoms with van der Waals surface area (Å²) in [5, 5.41) is 17.1. The van der Waals surface area contributed by atoms with Gasteiger partial charge in [0.2, 0.25) is 12.0 Å². The van der Waals surface area contributed by atoms with E-state index < -0.39 is 12.1 Å². The van der Waals surface area contributed by atoms with E-state index in [1.807, 2.05) is 0 Å². The van der Waals surface area contributed by atoms with Crippen molar-refractivity contribution in [1.29, 1.82) is 0 Å². The summed E-state index contributed by atoms with van der Waals surface area (Å²) >= 11 is 11.7. The number of methoxy groups -OCH3 is 1. The average molecular weight is 303 g/mol. The third-order valence-electron chi connectivity index (χ3n) is 2.23. The van der Waals surface area contributed by atoms with E-state index in [4.69, 9.17) is 37.5 Å². The Balaban J connectivity index is 2.37. The maximum Gasteiger partial charge on any atom is 0.342 e. The van der Waals surface area contributed by atoms with E-state index in [1.54, 1.807) is 18.2 Å². The van der Waals surface area contributed by atoms with Crippen molar-refractivity contribution in [3.63, 3.8) is 0 Å². The van der Waals surface area contributed by atoms with E-state index in [0.717, 1.165) is 0 Å². The minimum absolute atomic E-state index is 0.114. The number of carboxylic acid groups (broad SMARTS) is 1. The summed E-state index contributed by atoms with van der Waals surface area (Å²) in [6.07, 6.45) is -1.31. The second-order valence-corrected chi connectivity index (χ2v) is 4.43. The quantitative estimate of drug-likeness (QED) is 0.934. The maximum absolute atomic E-state index is 10.9. The molecular formula is C11H8Cl2N2O4. The van der Waals surface area contributed by atoms with Crippen molar-refractivity contribution in [2.45, 2.75) is 6.10 Å². The van der Waals surface area contributed by atoms with Gasteiger partial charge >= 0.3 is 5.97 Å². The molecule has 1 atom stereocenters.